The van der Waals surface area contributed by atoms with E-state index in [1.165, 1.54) is 18.2 Å². The van der Waals surface area contributed by atoms with Gasteiger partial charge in [0.05, 0.1) is 11.3 Å². The van der Waals surface area contributed by atoms with Gasteiger partial charge in [0.25, 0.3) is 0 Å². The van der Waals surface area contributed by atoms with Gasteiger partial charge in [-0.2, -0.15) is 0 Å². The first-order chi connectivity index (χ1) is 10.1. The van der Waals surface area contributed by atoms with Gasteiger partial charge in [-0.05, 0) is 18.2 Å². The van der Waals surface area contributed by atoms with Gasteiger partial charge in [-0.3, -0.25) is 0 Å². The molecule has 1 heterocycles. The van der Waals surface area contributed by atoms with E-state index in [0.29, 0.717) is 13.0 Å². The van der Waals surface area contributed by atoms with Gasteiger partial charge in [-0.25, -0.2) is 14.6 Å². The van der Waals surface area contributed by atoms with E-state index in [1.807, 2.05) is 0 Å². The van der Waals surface area contributed by atoms with Crippen LogP contribution in [0.4, 0.5) is 10.5 Å². The van der Waals surface area contributed by atoms with E-state index in [9.17, 15) is 9.59 Å². The molecule has 1 aromatic carbocycles. The lowest BCUT2D eigenvalue weighted by molar-refractivity contribution is 0.0698. The third kappa shape index (κ3) is 4.22. The first-order valence-corrected chi connectivity index (χ1v) is 6.50. The third-order valence-corrected chi connectivity index (χ3v) is 2.90. The van der Waals surface area contributed by atoms with E-state index >= 15 is 0 Å². The first-order valence-electron chi connectivity index (χ1n) is 6.12. The maximum Gasteiger partial charge on any atom is 0.337 e. The molecule has 2 rings (SSSR count). The highest BCUT2D eigenvalue weighted by Crippen LogP contribution is 2.20. The number of hydrogen-bond acceptors (Lipinski definition) is 3. The number of aromatic nitrogens is 2. The topological polar surface area (TPSA) is 107 Å². The number of H-pyrrole nitrogens is 1. The van der Waals surface area contributed by atoms with Crippen molar-refractivity contribution >= 4 is 29.3 Å². The molecule has 0 atom stereocenters. The quantitative estimate of drug-likeness (QED) is 0.678. The lowest BCUT2D eigenvalue weighted by atomic mass is 10.2. The van der Waals surface area contributed by atoms with Gasteiger partial charge in [-0.15, -0.1) is 0 Å². The van der Waals surface area contributed by atoms with Crippen LogP contribution in [0.15, 0.2) is 30.6 Å². The van der Waals surface area contributed by atoms with Gasteiger partial charge < -0.3 is 20.7 Å². The fourth-order valence-corrected chi connectivity index (χ4v) is 1.87. The fraction of sp³-hybridized carbons (Fsp3) is 0.154. The van der Waals surface area contributed by atoms with Crippen LogP contribution >= 0.6 is 11.6 Å². The Morgan fingerprint density at radius 3 is 2.86 bits per heavy atom. The summed E-state index contributed by atoms with van der Waals surface area (Å²) in [6.45, 7) is 0.370. The Hall–Kier alpha value is -2.54. The van der Waals surface area contributed by atoms with Crippen LogP contribution in [-0.4, -0.2) is 33.6 Å². The second-order valence-electron chi connectivity index (χ2n) is 4.16. The summed E-state index contributed by atoms with van der Waals surface area (Å²) in [6.07, 6.45) is 3.87. The van der Waals surface area contributed by atoms with Crippen LogP contribution in [0.25, 0.3) is 0 Å². The Morgan fingerprint density at radius 1 is 1.38 bits per heavy atom. The molecule has 0 saturated heterocycles. The number of hydrogen-bond donors (Lipinski definition) is 4. The summed E-state index contributed by atoms with van der Waals surface area (Å²) in [7, 11) is 0. The van der Waals surface area contributed by atoms with E-state index < -0.39 is 12.0 Å². The lowest BCUT2D eigenvalue weighted by Gasteiger charge is -2.09. The van der Waals surface area contributed by atoms with Crippen molar-refractivity contribution in [2.45, 2.75) is 6.42 Å². The maximum absolute atomic E-state index is 11.7. The zero-order chi connectivity index (χ0) is 15.2. The fourth-order valence-electron chi connectivity index (χ4n) is 1.70. The van der Waals surface area contributed by atoms with Crippen molar-refractivity contribution < 1.29 is 14.7 Å². The van der Waals surface area contributed by atoms with Crippen LogP contribution in [-0.2, 0) is 6.42 Å². The van der Waals surface area contributed by atoms with Gasteiger partial charge in [0.2, 0.25) is 0 Å². The highest BCUT2D eigenvalue weighted by Gasteiger charge is 2.12. The van der Waals surface area contributed by atoms with Crippen LogP contribution in [0.2, 0.25) is 5.02 Å². The summed E-state index contributed by atoms with van der Waals surface area (Å²) < 4.78 is 0. The number of urea groups is 1. The molecular formula is C13H13ClN4O3. The molecule has 0 unspecified atom stereocenters. The predicted octanol–water partition coefficient (Wildman–Crippen LogP) is 2.13. The van der Waals surface area contributed by atoms with E-state index in [1.54, 1.807) is 12.4 Å². The van der Waals surface area contributed by atoms with E-state index in [4.69, 9.17) is 16.7 Å². The molecule has 0 aliphatic rings. The van der Waals surface area contributed by atoms with Crippen molar-refractivity contribution in [3.05, 3.63) is 47.0 Å². The number of nitrogens with one attached hydrogen (secondary N) is 3. The molecule has 0 spiro atoms. The van der Waals surface area contributed by atoms with Crippen molar-refractivity contribution in [3.63, 3.8) is 0 Å². The van der Waals surface area contributed by atoms with Gasteiger partial charge in [0.15, 0.2) is 0 Å². The Balaban J connectivity index is 1.92. The molecule has 4 N–H and O–H groups in total. The SMILES string of the molecule is O=C(NCCc1ncc[nH]1)Nc1ccc(Cl)cc1C(=O)O. The number of imidazole rings is 1. The van der Waals surface area contributed by atoms with Gasteiger partial charge in [0, 0.05) is 30.4 Å². The largest absolute Gasteiger partial charge is 0.478 e. The number of nitrogens with zero attached hydrogens (tertiary/aromatic N) is 1. The monoisotopic (exact) mass is 308 g/mol. The molecule has 2 aromatic rings. The Labute approximate surface area is 125 Å². The number of aromatic amines is 1. The molecule has 2 amide bonds. The molecule has 0 bridgehead atoms. The second-order valence-corrected chi connectivity index (χ2v) is 4.60. The number of anilines is 1. The normalized spacial score (nSPS) is 10.1. The molecule has 0 aliphatic heterocycles. The average Bonchev–Trinajstić information content (AvgIpc) is 2.94. The van der Waals surface area contributed by atoms with Crippen LogP contribution in [0.3, 0.4) is 0 Å². The number of halogens is 1. The third-order valence-electron chi connectivity index (χ3n) is 2.66. The summed E-state index contributed by atoms with van der Waals surface area (Å²) in [6, 6.07) is 3.73. The molecule has 0 radical (unpaired) electrons. The van der Waals surface area contributed by atoms with Crippen LogP contribution in [0, 0.1) is 0 Å². The maximum atomic E-state index is 11.7. The summed E-state index contributed by atoms with van der Waals surface area (Å²) in [4.78, 5) is 29.7. The lowest BCUT2D eigenvalue weighted by Crippen LogP contribution is -2.31. The summed E-state index contributed by atoms with van der Waals surface area (Å²) in [5, 5.41) is 14.4. The minimum absolute atomic E-state index is 0.0660. The highest BCUT2D eigenvalue weighted by atomic mass is 35.5. The van der Waals surface area contributed by atoms with E-state index in [2.05, 4.69) is 20.6 Å². The van der Waals surface area contributed by atoms with Crippen LogP contribution in [0.1, 0.15) is 16.2 Å². The molecular weight excluding hydrogens is 296 g/mol. The molecule has 0 aliphatic carbocycles. The van der Waals surface area contributed by atoms with Crippen molar-refractivity contribution in [1.29, 1.82) is 0 Å². The van der Waals surface area contributed by atoms with E-state index in [0.717, 1.165) is 5.82 Å². The molecule has 0 fully saturated rings. The Morgan fingerprint density at radius 2 is 2.19 bits per heavy atom. The number of aromatic carboxylic acids is 1. The summed E-state index contributed by atoms with van der Waals surface area (Å²) in [5.74, 6) is -0.406. The average molecular weight is 309 g/mol. The molecule has 21 heavy (non-hydrogen) atoms. The number of rotatable bonds is 5. The standard InChI is InChI=1S/C13H13ClN4O3/c14-8-1-2-10(9(7-8)12(19)20)18-13(21)17-4-3-11-15-5-6-16-11/h1-2,5-7H,3-4H2,(H,15,16)(H,19,20)(H2,17,18,21). The number of amides is 2. The number of carbonyl (C=O) groups is 2. The molecule has 110 valence electrons. The zero-order valence-corrected chi connectivity index (χ0v) is 11.6. The second kappa shape index (κ2) is 6.76. The number of carboxylic acid groups (broad SMARTS) is 1. The van der Waals surface area contributed by atoms with Gasteiger partial charge in [-0.1, -0.05) is 11.6 Å². The zero-order valence-electron chi connectivity index (χ0n) is 10.9. The number of carbonyl (C=O) groups excluding carboxylic acids is 1. The molecule has 7 nitrogen and oxygen atoms in total. The molecule has 8 heteroatoms. The number of carboxylic acids is 1. The van der Waals surface area contributed by atoms with Crippen molar-refractivity contribution in [2.24, 2.45) is 0 Å². The van der Waals surface area contributed by atoms with Crippen molar-refractivity contribution in [2.75, 3.05) is 11.9 Å². The Bertz CT molecular complexity index is 643. The van der Waals surface area contributed by atoms with Gasteiger partial charge in [0.1, 0.15) is 5.82 Å². The predicted molar refractivity (Wildman–Crippen MR) is 77.7 cm³/mol. The summed E-state index contributed by atoms with van der Waals surface area (Å²) >= 11 is 5.74. The van der Waals surface area contributed by atoms with Crippen LogP contribution < -0.4 is 10.6 Å². The first kappa shape index (κ1) is 14.9. The minimum atomic E-state index is -1.16. The highest BCUT2D eigenvalue weighted by molar-refractivity contribution is 6.31. The van der Waals surface area contributed by atoms with Crippen molar-refractivity contribution in [1.82, 2.24) is 15.3 Å². The van der Waals surface area contributed by atoms with Gasteiger partial charge >= 0.3 is 12.0 Å². The molecule has 0 saturated carbocycles. The van der Waals surface area contributed by atoms with Crippen molar-refractivity contribution in [3.8, 4) is 0 Å². The van der Waals surface area contributed by atoms with Crippen LogP contribution in [0.5, 0.6) is 0 Å². The van der Waals surface area contributed by atoms with E-state index in [-0.39, 0.29) is 16.3 Å². The minimum Gasteiger partial charge on any atom is -0.478 e. The summed E-state index contributed by atoms with van der Waals surface area (Å²) in [5.41, 5.74) is 0.117. The molecule has 1 aromatic heterocycles. The number of benzene rings is 1. The smallest absolute Gasteiger partial charge is 0.337 e. The Kier molecular flexibility index (Phi) is 4.78.